The molecule has 1 unspecified atom stereocenters. The molecule has 1 saturated heterocycles. The molecule has 0 bridgehead atoms. The van der Waals surface area contributed by atoms with Gasteiger partial charge in [0.1, 0.15) is 0 Å². The molecule has 3 atom stereocenters. The van der Waals surface area contributed by atoms with Crippen LogP contribution in [0, 0.1) is 5.92 Å². The van der Waals surface area contributed by atoms with Gasteiger partial charge in [0.2, 0.25) is 5.91 Å². The van der Waals surface area contributed by atoms with E-state index in [1.54, 1.807) is 19.2 Å². The standard InChI is InChI=1S/C39H48N4O5/c1-47-22-6-21-42-25-31(34-9-3-4-10-36(34)42)26-43(32-15-16-32)39(46)35-24-40-19-17-33(35)30-8-5-7-29(23-30)27-11-13-28(14-12-27)38(45)41-20-18-37(44)48-2/h3-5,7-14,23,31-33,35,40H,6,15-22,24-26H2,1-2H3,(H,41,45)/t31?,33-,35+/m1/s1. The van der Waals surface area contributed by atoms with Gasteiger partial charge in [0, 0.05) is 69.7 Å². The van der Waals surface area contributed by atoms with Crippen molar-refractivity contribution in [3.8, 4) is 11.1 Å². The highest BCUT2D eigenvalue weighted by Gasteiger charge is 2.42. The zero-order valence-corrected chi connectivity index (χ0v) is 28.2. The van der Waals surface area contributed by atoms with Crippen LogP contribution in [-0.2, 0) is 19.1 Å². The Kier molecular flexibility index (Phi) is 11.1. The van der Waals surface area contributed by atoms with Crippen molar-refractivity contribution in [2.45, 2.75) is 50.0 Å². The summed E-state index contributed by atoms with van der Waals surface area (Å²) in [5.74, 6) is -0.0111. The minimum atomic E-state index is -0.358. The van der Waals surface area contributed by atoms with Crippen molar-refractivity contribution in [2.75, 3.05) is 65.0 Å². The smallest absolute Gasteiger partial charge is 0.307 e. The van der Waals surface area contributed by atoms with Crippen LogP contribution in [0.1, 0.15) is 65.4 Å². The minimum absolute atomic E-state index is 0.125. The van der Waals surface area contributed by atoms with E-state index in [4.69, 9.17) is 4.74 Å². The molecule has 3 aromatic rings. The second-order valence-corrected chi connectivity index (χ2v) is 13.3. The van der Waals surface area contributed by atoms with E-state index >= 15 is 0 Å². The van der Waals surface area contributed by atoms with Crippen LogP contribution >= 0.6 is 0 Å². The Morgan fingerprint density at radius 2 is 1.77 bits per heavy atom. The first-order valence-corrected chi connectivity index (χ1v) is 17.4. The van der Waals surface area contributed by atoms with E-state index in [-0.39, 0.29) is 42.6 Å². The number of anilines is 1. The number of nitrogens with one attached hydrogen (secondary N) is 2. The number of methoxy groups -OCH3 is 2. The Hall–Kier alpha value is -4.21. The molecule has 2 N–H and O–H groups in total. The monoisotopic (exact) mass is 652 g/mol. The van der Waals surface area contributed by atoms with E-state index in [1.165, 1.54) is 23.9 Å². The van der Waals surface area contributed by atoms with Crippen LogP contribution in [-0.4, -0.2) is 88.8 Å². The second kappa shape index (κ2) is 15.8. The maximum Gasteiger partial charge on any atom is 0.307 e. The van der Waals surface area contributed by atoms with Crippen LogP contribution in [0.2, 0.25) is 0 Å². The molecule has 2 amide bonds. The third-order valence-corrected chi connectivity index (χ3v) is 10.1. The molecule has 48 heavy (non-hydrogen) atoms. The quantitative estimate of drug-likeness (QED) is 0.187. The van der Waals surface area contributed by atoms with Gasteiger partial charge in [-0.2, -0.15) is 0 Å². The van der Waals surface area contributed by atoms with Crippen LogP contribution in [0.15, 0.2) is 72.8 Å². The highest BCUT2D eigenvalue weighted by Crippen LogP contribution is 2.41. The fourth-order valence-electron chi connectivity index (χ4n) is 7.37. The number of para-hydroxylation sites is 1. The molecule has 1 saturated carbocycles. The van der Waals surface area contributed by atoms with E-state index in [2.05, 4.69) is 73.7 Å². The summed E-state index contributed by atoms with van der Waals surface area (Å²) < 4.78 is 9.96. The average molecular weight is 653 g/mol. The lowest BCUT2D eigenvalue weighted by atomic mass is 9.79. The number of fused-ring (bicyclic) bond motifs is 1. The van der Waals surface area contributed by atoms with Crippen LogP contribution in [0.25, 0.3) is 11.1 Å². The van der Waals surface area contributed by atoms with Crippen LogP contribution in [0.4, 0.5) is 5.69 Å². The van der Waals surface area contributed by atoms with Crippen molar-refractivity contribution in [3.05, 3.63) is 89.5 Å². The van der Waals surface area contributed by atoms with Gasteiger partial charge in [0.25, 0.3) is 5.91 Å². The number of rotatable bonds is 14. The maximum absolute atomic E-state index is 14.5. The SMILES string of the molecule is COCCCN1CC(CN(C(=O)[C@H]2CNCC[C@@H]2c2cccc(-c3ccc(C(=O)NCCC(=O)OC)cc3)c2)C2CC2)c2ccccc21. The molecule has 1 aliphatic carbocycles. The third-order valence-electron chi connectivity index (χ3n) is 10.1. The Bertz CT molecular complexity index is 1570. The molecule has 6 rings (SSSR count). The van der Waals surface area contributed by atoms with Gasteiger partial charge in [-0.25, -0.2) is 0 Å². The molecule has 0 aromatic heterocycles. The number of nitrogens with zero attached hydrogens (tertiary/aromatic N) is 2. The van der Waals surface area contributed by atoms with E-state index in [0.717, 1.165) is 69.6 Å². The predicted octanol–water partition coefficient (Wildman–Crippen LogP) is 4.97. The molecule has 3 aliphatic rings. The van der Waals surface area contributed by atoms with Gasteiger partial charge in [0.15, 0.2) is 0 Å². The average Bonchev–Trinajstić information content (AvgIpc) is 3.92. The maximum atomic E-state index is 14.5. The molecular weight excluding hydrogens is 604 g/mol. The fraction of sp³-hybridized carbons (Fsp3) is 0.462. The van der Waals surface area contributed by atoms with E-state index < -0.39 is 0 Å². The summed E-state index contributed by atoms with van der Waals surface area (Å²) in [6, 6.07) is 25.1. The summed E-state index contributed by atoms with van der Waals surface area (Å²) >= 11 is 0. The van der Waals surface area contributed by atoms with Crippen LogP contribution < -0.4 is 15.5 Å². The largest absolute Gasteiger partial charge is 0.469 e. The van der Waals surface area contributed by atoms with Crippen molar-refractivity contribution < 1.29 is 23.9 Å². The number of benzene rings is 3. The Balaban J connectivity index is 1.15. The lowest BCUT2D eigenvalue weighted by molar-refractivity contribution is -0.140. The summed E-state index contributed by atoms with van der Waals surface area (Å²) in [6.45, 7) is 5.18. The van der Waals surface area contributed by atoms with Crippen LogP contribution in [0.5, 0.6) is 0 Å². The van der Waals surface area contributed by atoms with Crippen molar-refractivity contribution in [2.24, 2.45) is 5.92 Å². The van der Waals surface area contributed by atoms with Gasteiger partial charge < -0.3 is 29.9 Å². The number of carbonyl (C=O) groups excluding carboxylic acids is 3. The van der Waals surface area contributed by atoms with Gasteiger partial charge in [-0.05, 0) is 78.6 Å². The molecule has 2 heterocycles. The fourth-order valence-corrected chi connectivity index (χ4v) is 7.37. The Labute approximate surface area is 284 Å². The summed E-state index contributed by atoms with van der Waals surface area (Å²) in [6.07, 6.45) is 4.18. The Morgan fingerprint density at radius 3 is 2.54 bits per heavy atom. The van der Waals surface area contributed by atoms with E-state index in [0.29, 0.717) is 24.1 Å². The normalized spacial score (nSPS) is 20.2. The topological polar surface area (TPSA) is 100 Å². The summed E-state index contributed by atoms with van der Waals surface area (Å²) in [4.78, 5) is 43.1. The molecule has 0 spiro atoms. The van der Waals surface area contributed by atoms with Gasteiger partial charge in [-0.15, -0.1) is 0 Å². The summed E-state index contributed by atoms with van der Waals surface area (Å²) in [7, 11) is 3.09. The first-order chi connectivity index (χ1) is 23.5. The number of esters is 1. The van der Waals surface area contributed by atoms with Crippen molar-refractivity contribution in [1.29, 1.82) is 0 Å². The van der Waals surface area contributed by atoms with Crippen molar-refractivity contribution in [3.63, 3.8) is 0 Å². The number of amides is 2. The first-order valence-electron chi connectivity index (χ1n) is 17.4. The first kappa shape index (κ1) is 33.7. The molecule has 2 fully saturated rings. The van der Waals surface area contributed by atoms with Gasteiger partial charge in [0.05, 0.1) is 19.4 Å². The van der Waals surface area contributed by atoms with Gasteiger partial charge in [-0.3, -0.25) is 14.4 Å². The number of hydrogen-bond donors (Lipinski definition) is 2. The molecule has 9 heteroatoms. The van der Waals surface area contributed by atoms with Gasteiger partial charge >= 0.3 is 5.97 Å². The highest BCUT2D eigenvalue weighted by molar-refractivity contribution is 5.94. The molecule has 254 valence electrons. The summed E-state index contributed by atoms with van der Waals surface area (Å²) in [5.41, 5.74) is 6.43. The van der Waals surface area contributed by atoms with Gasteiger partial charge in [-0.1, -0.05) is 54.6 Å². The summed E-state index contributed by atoms with van der Waals surface area (Å²) in [5, 5.41) is 6.29. The van der Waals surface area contributed by atoms with Crippen molar-refractivity contribution in [1.82, 2.24) is 15.5 Å². The zero-order chi connectivity index (χ0) is 33.5. The Morgan fingerprint density at radius 1 is 0.958 bits per heavy atom. The van der Waals surface area contributed by atoms with E-state index in [9.17, 15) is 14.4 Å². The lowest BCUT2D eigenvalue weighted by Gasteiger charge is -2.37. The minimum Gasteiger partial charge on any atom is -0.469 e. The van der Waals surface area contributed by atoms with Crippen LogP contribution in [0.3, 0.4) is 0 Å². The van der Waals surface area contributed by atoms with E-state index in [1.807, 2.05) is 12.1 Å². The molecule has 0 radical (unpaired) electrons. The molecule has 3 aromatic carbocycles. The molecule has 9 nitrogen and oxygen atoms in total. The number of carbonyl (C=O) groups is 3. The van der Waals surface area contributed by atoms with Crippen molar-refractivity contribution >= 4 is 23.5 Å². The number of piperidine rings is 1. The third kappa shape index (κ3) is 7.90. The molecular formula is C39H48N4O5. The second-order valence-electron chi connectivity index (χ2n) is 13.3. The number of hydrogen-bond acceptors (Lipinski definition) is 7. The highest BCUT2D eigenvalue weighted by atomic mass is 16.5. The number of ether oxygens (including phenoxy) is 2. The lowest BCUT2D eigenvalue weighted by Crippen LogP contribution is -2.48. The molecule has 2 aliphatic heterocycles. The predicted molar refractivity (Wildman–Crippen MR) is 187 cm³/mol. The zero-order valence-electron chi connectivity index (χ0n) is 28.2.